The van der Waals surface area contributed by atoms with Gasteiger partial charge < -0.3 is 15.0 Å². The number of nitrogens with one attached hydrogen (secondary N) is 1. The third-order valence-electron chi connectivity index (χ3n) is 4.32. The topological polar surface area (TPSA) is 54.5 Å². The summed E-state index contributed by atoms with van der Waals surface area (Å²) in [6, 6.07) is 8.54. The Morgan fingerprint density at radius 2 is 2.08 bits per heavy atom. The molecule has 1 fully saturated rings. The Kier molecular flexibility index (Phi) is 5.48. The van der Waals surface area contributed by atoms with E-state index in [0.29, 0.717) is 12.1 Å². The Morgan fingerprint density at radius 3 is 2.72 bits per heavy atom. The monoisotopic (exact) mass is 343 g/mol. The zero-order valence-corrected chi connectivity index (χ0v) is 14.3. The molecule has 0 atom stereocenters. The number of hydrogen-bond acceptors (Lipinski definition) is 4. The van der Waals surface area contributed by atoms with Crippen molar-refractivity contribution in [3.05, 3.63) is 47.9 Å². The fourth-order valence-corrected chi connectivity index (χ4v) is 2.94. The average Bonchev–Trinajstić information content (AvgIpc) is 3.15. The van der Waals surface area contributed by atoms with Gasteiger partial charge in [0.05, 0.1) is 19.0 Å². The summed E-state index contributed by atoms with van der Waals surface area (Å²) < 4.78 is 18.5. The van der Waals surface area contributed by atoms with E-state index in [2.05, 4.69) is 15.2 Å². The van der Waals surface area contributed by atoms with Gasteiger partial charge in [-0.05, 0) is 49.1 Å². The Balaban J connectivity index is 1.51. The molecule has 6 heteroatoms. The van der Waals surface area contributed by atoms with Crippen LogP contribution in [0.5, 0.6) is 5.75 Å². The largest absolute Gasteiger partial charge is 0.494 e. The Morgan fingerprint density at radius 1 is 1.28 bits per heavy atom. The summed E-state index contributed by atoms with van der Waals surface area (Å²) in [5.74, 6) is 0.621. The molecule has 5 nitrogen and oxygen atoms in total. The molecule has 25 heavy (non-hydrogen) atoms. The summed E-state index contributed by atoms with van der Waals surface area (Å²) >= 11 is 0. The van der Waals surface area contributed by atoms with E-state index in [9.17, 15) is 9.18 Å². The molecule has 0 unspecified atom stereocenters. The summed E-state index contributed by atoms with van der Waals surface area (Å²) in [4.78, 5) is 18.7. The van der Waals surface area contributed by atoms with Crippen LogP contribution in [0.15, 0.2) is 36.5 Å². The van der Waals surface area contributed by atoms with Crippen molar-refractivity contribution in [3.63, 3.8) is 0 Å². The van der Waals surface area contributed by atoms with Crippen molar-refractivity contribution in [3.8, 4) is 5.75 Å². The van der Waals surface area contributed by atoms with Crippen LogP contribution in [0.3, 0.4) is 0 Å². The molecule has 1 saturated heterocycles. The predicted octanol–water partition coefficient (Wildman–Crippen LogP) is 3.40. The van der Waals surface area contributed by atoms with Gasteiger partial charge in [0.2, 0.25) is 5.91 Å². The fourth-order valence-electron chi connectivity index (χ4n) is 2.94. The van der Waals surface area contributed by atoms with E-state index in [4.69, 9.17) is 4.74 Å². The second-order valence-corrected chi connectivity index (χ2v) is 6.12. The molecule has 0 bridgehead atoms. The number of methoxy groups -OCH3 is 1. The Labute approximate surface area is 146 Å². The van der Waals surface area contributed by atoms with Crippen LogP contribution >= 0.6 is 0 Å². The molecule has 0 aliphatic carbocycles. The Bertz CT molecular complexity index is 728. The first-order valence-corrected chi connectivity index (χ1v) is 8.49. The minimum atomic E-state index is -0.415. The van der Waals surface area contributed by atoms with Crippen molar-refractivity contribution in [2.24, 2.45) is 0 Å². The van der Waals surface area contributed by atoms with Gasteiger partial charge in [-0.2, -0.15) is 0 Å². The third-order valence-corrected chi connectivity index (χ3v) is 4.32. The highest BCUT2D eigenvalue weighted by atomic mass is 19.1. The molecule has 2 heterocycles. The zero-order chi connectivity index (χ0) is 17.6. The lowest BCUT2D eigenvalue weighted by atomic mass is 10.1. The number of ether oxygens (including phenoxy) is 1. The van der Waals surface area contributed by atoms with E-state index < -0.39 is 5.82 Å². The standard InChI is InChI=1S/C19H22FN3O2/c1-25-17-7-4-14(12-16(17)20)5-9-19(24)22-15-6-8-18(21-13-15)23-10-2-3-11-23/h4,6-8,12-13H,2-3,5,9-11H2,1H3,(H,22,24). The van der Waals surface area contributed by atoms with Crippen molar-refractivity contribution >= 4 is 17.4 Å². The molecule has 1 amide bonds. The molecule has 1 aromatic heterocycles. The summed E-state index contributed by atoms with van der Waals surface area (Å²) in [5.41, 5.74) is 1.44. The van der Waals surface area contributed by atoms with Gasteiger partial charge >= 0.3 is 0 Å². The zero-order valence-electron chi connectivity index (χ0n) is 14.3. The van der Waals surface area contributed by atoms with Crippen molar-refractivity contribution in [1.29, 1.82) is 0 Å². The molecule has 132 valence electrons. The molecule has 0 spiro atoms. The SMILES string of the molecule is COc1ccc(CCC(=O)Nc2ccc(N3CCCC3)nc2)cc1F. The van der Waals surface area contributed by atoms with E-state index in [1.165, 1.54) is 26.0 Å². The summed E-state index contributed by atoms with van der Waals surface area (Å²) in [5, 5.41) is 2.83. The van der Waals surface area contributed by atoms with Gasteiger partial charge in [0.15, 0.2) is 11.6 Å². The molecular weight excluding hydrogens is 321 g/mol. The van der Waals surface area contributed by atoms with Gasteiger partial charge in [-0.25, -0.2) is 9.37 Å². The van der Waals surface area contributed by atoms with Crippen molar-refractivity contribution in [2.75, 3.05) is 30.4 Å². The second-order valence-electron chi connectivity index (χ2n) is 6.12. The lowest BCUT2D eigenvalue weighted by Crippen LogP contribution is -2.19. The maximum atomic E-state index is 13.6. The van der Waals surface area contributed by atoms with E-state index in [-0.39, 0.29) is 18.1 Å². The van der Waals surface area contributed by atoms with Gasteiger partial charge in [-0.15, -0.1) is 0 Å². The average molecular weight is 343 g/mol. The van der Waals surface area contributed by atoms with Gasteiger partial charge in [0.25, 0.3) is 0 Å². The van der Waals surface area contributed by atoms with Crippen LogP contribution in [0.1, 0.15) is 24.8 Å². The van der Waals surface area contributed by atoms with E-state index in [0.717, 1.165) is 24.5 Å². The minimum absolute atomic E-state index is 0.119. The molecule has 2 aromatic rings. The van der Waals surface area contributed by atoms with Crippen LogP contribution in [-0.2, 0) is 11.2 Å². The maximum absolute atomic E-state index is 13.6. The molecule has 1 aromatic carbocycles. The predicted molar refractivity (Wildman–Crippen MR) is 95.6 cm³/mol. The first kappa shape index (κ1) is 17.2. The number of rotatable bonds is 6. The van der Waals surface area contributed by atoms with Gasteiger partial charge in [-0.1, -0.05) is 6.07 Å². The minimum Gasteiger partial charge on any atom is -0.494 e. The van der Waals surface area contributed by atoms with Crippen molar-refractivity contribution < 1.29 is 13.9 Å². The van der Waals surface area contributed by atoms with E-state index >= 15 is 0 Å². The number of aromatic nitrogens is 1. The summed E-state index contributed by atoms with van der Waals surface area (Å²) in [7, 11) is 1.43. The second kappa shape index (κ2) is 7.96. The number of aryl methyl sites for hydroxylation is 1. The fraction of sp³-hybridized carbons (Fsp3) is 0.368. The molecular formula is C19H22FN3O2. The number of carbonyl (C=O) groups excluding carboxylic acids is 1. The maximum Gasteiger partial charge on any atom is 0.224 e. The molecule has 3 rings (SSSR count). The number of halogens is 1. The van der Waals surface area contributed by atoms with Gasteiger partial charge in [0, 0.05) is 19.5 Å². The highest BCUT2D eigenvalue weighted by Crippen LogP contribution is 2.20. The van der Waals surface area contributed by atoms with Crippen LogP contribution in [0, 0.1) is 5.82 Å². The molecule has 1 N–H and O–H groups in total. The number of hydrogen-bond donors (Lipinski definition) is 1. The van der Waals surface area contributed by atoms with E-state index in [1.807, 2.05) is 12.1 Å². The van der Waals surface area contributed by atoms with Crippen LogP contribution in [0.25, 0.3) is 0 Å². The highest BCUT2D eigenvalue weighted by Gasteiger charge is 2.13. The van der Waals surface area contributed by atoms with Crippen molar-refractivity contribution in [2.45, 2.75) is 25.7 Å². The number of amides is 1. The third kappa shape index (κ3) is 4.47. The summed E-state index contributed by atoms with van der Waals surface area (Å²) in [6.07, 6.45) is 4.82. The lowest BCUT2D eigenvalue weighted by molar-refractivity contribution is -0.116. The molecule has 1 aliphatic heterocycles. The van der Waals surface area contributed by atoms with Gasteiger partial charge in [-0.3, -0.25) is 4.79 Å². The quantitative estimate of drug-likeness (QED) is 0.873. The smallest absolute Gasteiger partial charge is 0.224 e. The number of pyridine rings is 1. The lowest BCUT2D eigenvalue weighted by Gasteiger charge is -2.16. The first-order chi connectivity index (χ1) is 12.2. The number of carbonyl (C=O) groups is 1. The number of nitrogens with zero attached hydrogens (tertiary/aromatic N) is 2. The normalized spacial score (nSPS) is 13.8. The number of anilines is 2. The molecule has 1 aliphatic rings. The van der Waals surface area contributed by atoms with Crippen molar-refractivity contribution in [1.82, 2.24) is 4.98 Å². The van der Waals surface area contributed by atoms with E-state index in [1.54, 1.807) is 18.3 Å². The Hall–Kier alpha value is -2.63. The molecule has 0 saturated carbocycles. The summed E-state index contributed by atoms with van der Waals surface area (Å²) in [6.45, 7) is 2.08. The first-order valence-electron chi connectivity index (χ1n) is 8.49. The number of benzene rings is 1. The van der Waals surface area contributed by atoms with Crippen LogP contribution in [0.2, 0.25) is 0 Å². The molecule has 0 radical (unpaired) electrons. The van der Waals surface area contributed by atoms with Crippen LogP contribution in [-0.4, -0.2) is 31.1 Å². The highest BCUT2D eigenvalue weighted by molar-refractivity contribution is 5.90. The van der Waals surface area contributed by atoms with Gasteiger partial charge in [0.1, 0.15) is 5.82 Å². The van der Waals surface area contributed by atoms with Crippen LogP contribution < -0.4 is 15.0 Å². The van der Waals surface area contributed by atoms with Crippen LogP contribution in [0.4, 0.5) is 15.9 Å².